The highest BCUT2D eigenvalue weighted by atomic mass is 19.4. The average molecular weight is 463 g/mol. The number of carbonyl (C=O) groups is 1. The zero-order valence-corrected chi connectivity index (χ0v) is 16.7. The molecule has 1 aliphatic rings. The predicted octanol–water partition coefficient (Wildman–Crippen LogP) is 4.42. The molecule has 3 rings (SSSR count). The zero-order chi connectivity index (χ0) is 23.5. The number of hydrogen-bond acceptors (Lipinski definition) is 3. The molecule has 0 atom stereocenters. The Hall–Kier alpha value is -2.82. The smallest absolute Gasteiger partial charge is 0.369 e. The van der Waals surface area contributed by atoms with E-state index in [1.54, 1.807) is 12.1 Å². The fourth-order valence-electron chi connectivity index (χ4n) is 3.40. The summed E-state index contributed by atoms with van der Waals surface area (Å²) in [5, 5.41) is 2.38. The molecule has 1 N–H and O–H groups in total. The van der Waals surface area contributed by atoms with E-state index >= 15 is 0 Å². The third-order valence-corrected chi connectivity index (χ3v) is 5.13. The average Bonchev–Trinajstić information content (AvgIpc) is 2.73. The standard InChI is InChI=1S/C21H20F7N3O/c22-17-1-3-18(4-2-17)31-9-7-30(8-10-31)6-5-29-19(32)14-11-15(20(23,24)25)13-16(12-14)21(26,27)28/h1-4,11-13H,5-10H2,(H,29,32). The quantitative estimate of drug-likeness (QED) is 0.668. The largest absolute Gasteiger partial charge is 0.416 e. The molecule has 0 saturated carbocycles. The van der Waals surface area contributed by atoms with Crippen molar-refractivity contribution in [2.45, 2.75) is 12.4 Å². The lowest BCUT2D eigenvalue weighted by Gasteiger charge is -2.36. The van der Waals surface area contributed by atoms with Gasteiger partial charge in [-0.2, -0.15) is 26.3 Å². The van der Waals surface area contributed by atoms with E-state index < -0.39 is 35.0 Å². The van der Waals surface area contributed by atoms with Crippen molar-refractivity contribution in [1.82, 2.24) is 10.2 Å². The van der Waals surface area contributed by atoms with Gasteiger partial charge in [-0.1, -0.05) is 0 Å². The van der Waals surface area contributed by atoms with E-state index in [0.717, 1.165) is 5.69 Å². The molecule has 2 aromatic rings. The van der Waals surface area contributed by atoms with Crippen LogP contribution in [0.25, 0.3) is 0 Å². The number of piperazine rings is 1. The van der Waals surface area contributed by atoms with Crippen molar-refractivity contribution in [3.8, 4) is 0 Å². The van der Waals surface area contributed by atoms with Crippen LogP contribution in [0.3, 0.4) is 0 Å². The maximum Gasteiger partial charge on any atom is 0.416 e. The van der Waals surface area contributed by atoms with Gasteiger partial charge in [-0.05, 0) is 42.5 Å². The van der Waals surface area contributed by atoms with Gasteiger partial charge in [0, 0.05) is 50.5 Å². The summed E-state index contributed by atoms with van der Waals surface area (Å²) in [5.41, 5.74) is -2.89. The van der Waals surface area contributed by atoms with E-state index in [2.05, 4.69) is 10.2 Å². The van der Waals surface area contributed by atoms with Crippen molar-refractivity contribution in [3.05, 3.63) is 65.0 Å². The van der Waals surface area contributed by atoms with Gasteiger partial charge in [0.1, 0.15) is 5.82 Å². The number of hydrogen-bond donors (Lipinski definition) is 1. The van der Waals surface area contributed by atoms with Gasteiger partial charge in [0.2, 0.25) is 0 Å². The minimum absolute atomic E-state index is 0.0165. The van der Waals surface area contributed by atoms with Gasteiger partial charge < -0.3 is 10.2 Å². The molecule has 2 aromatic carbocycles. The number of amides is 1. The third-order valence-electron chi connectivity index (χ3n) is 5.13. The molecule has 11 heteroatoms. The van der Waals surface area contributed by atoms with Crippen molar-refractivity contribution in [2.75, 3.05) is 44.2 Å². The first-order valence-corrected chi connectivity index (χ1v) is 9.74. The molecular formula is C21H20F7N3O. The molecule has 0 aliphatic carbocycles. The molecule has 32 heavy (non-hydrogen) atoms. The number of rotatable bonds is 5. The van der Waals surface area contributed by atoms with E-state index in [0.29, 0.717) is 44.9 Å². The van der Waals surface area contributed by atoms with Crippen LogP contribution in [-0.2, 0) is 12.4 Å². The van der Waals surface area contributed by atoms with Gasteiger partial charge in [0.25, 0.3) is 5.91 Å². The van der Waals surface area contributed by atoms with E-state index in [4.69, 9.17) is 0 Å². The molecule has 174 valence electrons. The van der Waals surface area contributed by atoms with E-state index in [9.17, 15) is 35.5 Å². The molecule has 1 heterocycles. The van der Waals surface area contributed by atoms with Gasteiger partial charge in [-0.15, -0.1) is 0 Å². The van der Waals surface area contributed by atoms with Crippen LogP contribution in [0.15, 0.2) is 42.5 Å². The van der Waals surface area contributed by atoms with Crippen LogP contribution in [0, 0.1) is 5.82 Å². The first kappa shape index (κ1) is 23.8. The van der Waals surface area contributed by atoms with Crippen LogP contribution < -0.4 is 10.2 Å². The first-order chi connectivity index (χ1) is 14.9. The maximum absolute atomic E-state index is 13.0. The minimum Gasteiger partial charge on any atom is -0.369 e. The van der Waals surface area contributed by atoms with Crippen LogP contribution in [0.2, 0.25) is 0 Å². The van der Waals surface area contributed by atoms with Crippen LogP contribution in [0.4, 0.5) is 36.4 Å². The van der Waals surface area contributed by atoms with Crippen molar-refractivity contribution in [1.29, 1.82) is 0 Å². The lowest BCUT2D eigenvalue weighted by atomic mass is 10.0. The lowest BCUT2D eigenvalue weighted by Crippen LogP contribution is -2.48. The topological polar surface area (TPSA) is 35.6 Å². The highest BCUT2D eigenvalue weighted by Gasteiger charge is 2.37. The van der Waals surface area contributed by atoms with E-state index in [-0.39, 0.29) is 18.4 Å². The van der Waals surface area contributed by atoms with Gasteiger partial charge in [-0.3, -0.25) is 9.69 Å². The molecule has 1 amide bonds. The summed E-state index contributed by atoms with van der Waals surface area (Å²) in [4.78, 5) is 16.3. The number of benzene rings is 2. The summed E-state index contributed by atoms with van der Waals surface area (Å²) < 4.78 is 90.7. The SMILES string of the molecule is O=C(NCCN1CCN(c2ccc(F)cc2)CC1)c1cc(C(F)(F)F)cc(C(F)(F)F)c1. The number of alkyl halides is 6. The molecule has 1 saturated heterocycles. The summed E-state index contributed by atoms with van der Waals surface area (Å²) in [6.07, 6.45) is -10.0. The summed E-state index contributed by atoms with van der Waals surface area (Å²) >= 11 is 0. The maximum atomic E-state index is 13.0. The Morgan fingerprint density at radius 2 is 1.38 bits per heavy atom. The number of carbonyl (C=O) groups excluding carboxylic acids is 1. The Morgan fingerprint density at radius 3 is 1.88 bits per heavy atom. The van der Waals surface area contributed by atoms with E-state index in [1.165, 1.54) is 12.1 Å². The summed E-state index contributed by atoms with van der Waals surface area (Å²) in [6, 6.07) is 6.89. The molecule has 1 aliphatic heterocycles. The van der Waals surface area contributed by atoms with Crippen LogP contribution in [0.1, 0.15) is 21.5 Å². The van der Waals surface area contributed by atoms with Crippen LogP contribution >= 0.6 is 0 Å². The normalized spacial score (nSPS) is 15.7. The first-order valence-electron chi connectivity index (χ1n) is 9.74. The van der Waals surface area contributed by atoms with Crippen LogP contribution in [0.5, 0.6) is 0 Å². The Kier molecular flexibility index (Phi) is 6.97. The summed E-state index contributed by atoms with van der Waals surface area (Å²) in [7, 11) is 0. The zero-order valence-electron chi connectivity index (χ0n) is 16.7. The molecule has 0 unspecified atom stereocenters. The van der Waals surface area contributed by atoms with E-state index in [1.807, 2.05) is 4.90 Å². The Labute approximate surface area is 179 Å². The number of nitrogens with zero attached hydrogens (tertiary/aromatic N) is 2. The van der Waals surface area contributed by atoms with Gasteiger partial charge in [0.05, 0.1) is 11.1 Å². The van der Waals surface area contributed by atoms with Crippen molar-refractivity contribution in [3.63, 3.8) is 0 Å². The summed E-state index contributed by atoms with van der Waals surface area (Å²) in [5.74, 6) is -1.34. The predicted molar refractivity (Wildman–Crippen MR) is 104 cm³/mol. The molecule has 0 aromatic heterocycles. The fourth-order valence-corrected chi connectivity index (χ4v) is 3.40. The Morgan fingerprint density at radius 1 is 0.844 bits per heavy atom. The second kappa shape index (κ2) is 9.35. The second-order valence-electron chi connectivity index (χ2n) is 7.36. The highest BCUT2D eigenvalue weighted by molar-refractivity contribution is 5.94. The number of anilines is 1. The highest BCUT2D eigenvalue weighted by Crippen LogP contribution is 2.36. The third kappa shape index (κ3) is 6.12. The van der Waals surface area contributed by atoms with Gasteiger partial charge >= 0.3 is 12.4 Å². The molecular weight excluding hydrogens is 443 g/mol. The minimum atomic E-state index is -5.01. The summed E-state index contributed by atoms with van der Waals surface area (Å²) in [6.45, 7) is 3.02. The number of nitrogens with one attached hydrogen (secondary N) is 1. The molecule has 0 radical (unpaired) electrons. The Bertz CT molecular complexity index is 902. The van der Waals surface area contributed by atoms with Crippen molar-refractivity contribution >= 4 is 11.6 Å². The monoisotopic (exact) mass is 463 g/mol. The second-order valence-corrected chi connectivity index (χ2v) is 7.36. The molecule has 0 spiro atoms. The fraction of sp³-hybridized carbons (Fsp3) is 0.381. The number of halogens is 7. The molecule has 1 fully saturated rings. The van der Waals surface area contributed by atoms with Crippen LogP contribution in [-0.4, -0.2) is 50.1 Å². The molecule has 0 bridgehead atoms. The van der Waals surface area contributed by atoms with Gasteiger partial charge in [-0.25, -0.2) is 4.39 Å². The van der Waals surface area contributed by atoms with Crippen molar-refractivity contribution in [2.24, 2.45) is 0 Å². The Balaban J connectivity index is 1.54. The van der Waals surface area contributed by atoms with Gasteiger partial charge in [0.15, 0.2) is 0 Å². The van der Waals surface area contributed by atoms with Crippen molar-refractivity contribution < 1.29 is 35.5 Å². The molecule has 4 nitrogen and oxygen atoms in total. The lowest BCUT2D eigenvalue weighted by molar-refractivity contribution is -0.143.